The van der Waals surface area contributed by atoms with Gasteiger partial charge >= 0.3 is 5.97 Å². The van der Waals surface area contributed by atoms with Crippen molar-refractivity contribution in [3.63, 3.8) is 0 Å². The highest BCUT2D eigenvalue weighted by Crippen LogP contribution is 2.31. The summed E-state index contributed by atoms with van der Waals surface area (Å²) < 4.78 is 0. The van der Waals surface area contributed by atoms with Gasteiger partial charge in [0.2, 0.25) is 0 Å². The van der Waals surface area contributed by atoms with Crippen LogP contribution in [0.15, 0.2) is 42.5 Å². The molecule has 0 unspecified atom stereocenters. The molecule has 2 aromatic carbocycles. The second-order valence-electron chi connectivity index (χ2n) is 6.03. The van der Waals surface area contributed by atoms with E-state index in [9.17, 15) is 4.79 Å². The van der Waals surface area contributed by atoms with Gasteiger partial charge in [-0.2, -0.15) is 0 Å². The minimum Gasteiger partial charge on any atom is -0.368 e. The molecular weight excluding hydrogens is 288 g/mol. The topological polar surface area (TPSA) is 41.6 Å². The Labute approximate surface area is 137 Å². The van der Waals surface area contributed by atoms with Crippen molar-refractivity contribution in [3.8, 4) is 11.1 Å². The molecule has 0 aliphatic carbocycles. The highest BCUT2D eigenvalue weighted by Gasteiger charge is 2.17. The Morgan fingerprint density at radius 2 is 1.96 bits per heavy atom. The Bertz CT molecular complexity index is 696. The van der Waals surface area contributed by atoms with Gasteiger partial charge in [0, 0.05) is 27.2 Å². The molecule has 1 aliphatic heterocycles. The van der Waals surface area contributed by atoms with Crippen molar-refractivity contribution < 1.29 is 9.63 Å². The lowest BCUT2D eigenvalue weighted by Crippen LogP contribution is -2.18. The number of nitrogens with zero attached hydrogens (tertiary/aromatic N) is 1. The smallest absolute Gasteiger partial charge is 0.325 e. The minimum absolute atomic E-state index is 0.199. The second kappa shape index (κ2) is 6.94. The van der Waals surface area contributed by atoms with Crippen LogP contribution >= 0.6 is 0 Å². The molecule has 0 saturated carbocycles. The highest BCUT2D eigenvalue weighted by atomic mass is 16.7. The molecule has 4 nitrogen and oxygen atoms in total. The number of benzene rings is 2. The fraction of sp³-hybridized carbons (Fsp3) is 0.316. The van der Waals surface area contributed by atoms with Gasteiger partial charge in [-0.25, -0.2) is 0 Å². The zero-order valence-electron chi connectivity index (χ0n) is 13.6. The molecule has 0 fully saturated rings. The Morgan fingerprint density at radius 1 is 1.17 bits per heavy atom. The minimum atomic E-state index is -0.199. The molecule has 1 N–H and O–H groups in total. The largest absolute Gasteiger partial charge is 0.368 e. The highest BCUT2D eigenvalue weighted by molar-refractivity contribution is 5.72. The van der Waals surface area contributed by atoms with Crippen LogP contribution in [0, 0.1) is 0 Å². The van der Waals surface area contributed by atoms with Crippen LogP contribution in [-0.4, -0.2) is 25.1 Å². The Balaban J connectivity index is 1.84. The van der Waals surface area contributed by atoms with Crippen molar-refractivity contribution in [1.29, 1.82) is 0 Å². The van der Waals surface area contributed by atoms with Gasteiger partial charge in [0.25, 0.3) is 0 Å². The zero-order valence-corrected chi connectivity index (χ0v) is 13.6. The van der Waals surface area contributed by atoms with Crippen LogP contribution in [0.3, 0.4) is 0 Å². The number of fused-ring (bicyclic) bond motifs is 1. The molecule has 0 saturated heterocycles. The molecule has 0 bridgehead atoms. The summed E-state index contributed by atoms with van der Waals surface area (Å²) in [6.07, 6.45) is 1.08. The summed E-state index contributed by atoms with van der Waals surface area (Å²) in [6.45, 7) is 1.80. The van der Waals surface area contributed by atoms with Crippen LogP contribution in [-0.2, 0) is 29.1 Å². The molecule has 3 rings (SSSR count). The summed E-state index contributed by atoms with van der Waals surface area (Å²) in [5.74, 6) is -0.199. The summed E-state index contributed by atoms with van der Waals surface area (Å²) in [6, 6.07) is 14.9. The van der Waals surface area contributed by atoms with E-state index < -0.39 is 0 Å². The predicted molar refractivity (Wildman–Crippen MR) is 90.5 cm³/mol. The van der Waals surface area contributed by atoms with E-state index in [1.165, 1.54) is 32.9 Å². The average molecular weight is 310 g/mol. The van der Waals surface area contributed by atoms with Crippen LogP contribution in [0.25, 0.3) is 11.1 Å². The average Bonchev–Trinajstić information content (AvgIpc) is 3.01. The first kappa shape index (κ1) is 15.7. The van der Waals surface area contributed by atoms with Crippen molar-refractivity contribution in [1.82, 2.24) is 10.4 Å². The van der Waals surface area contributed by atoms with E-state index in [1.807, 2.05) is 6.07 Å². The summed E-state index contributed by atoms with van der Waals surface area (Å²) in [7, 11) is 3.43. The summed E-state index contributed by atoms with van der Waals surface area (Å²) >= 11 is 0. The summed E-state index contributed by atoms with van der Waals surface area (Å²) in [5, 5.41) is 4.85. The molecular formula is C19H22N2O2. The number of aryl methyl sites for hydroxylation is 1. The normalized spacial score (nSPS) is 13.2. The maximum Gasteiger partial charge on any atom is 0.325 e. The molecule has 120 valence electrons. The molecule has 4 heteroatoms. The van der Waals surface area contributed by atoms with Gasteiger partial charge in [0.15, 0.2) is 0 Å². The SMILES string of the molecule is CN(C)OC(=O)CCc1cc2c(c(-c3ccccc3)c1)CNC2. The number of hydrogen-bond donors (Lipinski definition) is 1. The van der Waals surface area contributed by atoms with Crippen molar-refractivity contribution in [3.05, 3.63) is 59.2 Å². The van der Waals surface area contributed by atoms with Crippen LogP contribution < -0.4 is 5.32 Å². The quantitative estimate of drug-likeness (QED) is 0.862. The molecule has 23 heavy (non-hydrogen) atoms. The van der Waals surface area contributed by atoms with Gasteiger partial charge < -0.3 is 10.2 Å². The Kier molecular flexibility index (Phi) is 4.74. The van der Waals surface area contributed by atoms with Gasteiger partial charge in [-0.1, -0.05) is 42.5 Å². The van der Waals surface area contributed by atoms with Crippen LogP contribution in [0.2, 0.25) is 0 Å². The summed E-state index contributed by atoms with van der Waals surface area (Å²) in [5.41, 5.74) is 6.38. The van der Waals surface area contributed by atoms with E-state index in [2.05, 4.69) is 41.7 Å². The maximum absolute atomic E-state index is 11.7. The van der Waals surface area contributed by atoms with E-state index in [1.54, 1.807) is 14.1 Å². The van der Waals surface area contributed by atoms with Crippen molar-refractivity contribution in [2.75, 3.05) is 14.1 Å². The lowest BCUT2D eigenvalue weighted by Gasteiger charge is -2.13. The number of carbonyl (C=O) groups excluding carboxylic acids is 1. The van der Waals surface area contributed by atoms with Crippen molar-refractivity contribution in [2.45, 2.75) is 25.9 Å². The van der Waals surface area contributed by atoms with Gasteiger partial charge in [0.05, 0.1) is 6.42 Å². The molecule has 0 atom stereocenters. The molecule has 0 radical (unpaired) electrons. The number of carbonyl (C=O) groups is 1. The third-order valence-corrected chi connectivity index (χ3v) is 4.01. The van der Waals surface area contributed by atoms with E-state index in [-0.39, 0.29) is 5.97 Å². The summed E-state index contributed by atoms with van der Waals surface area (Å²) in [4.78, 5) is 16.8. The van der Waals surface area contributed by atoms with Gasteiger partial charge in [0.1, 0.15) is 0 Å². The Morgan fingerprint density at radius 3 is 2.70 bits per heavy atom. The first-order valence-electron chi connectivity index (χ1n) is 7.92. The Hall–Kier alpha value is -2.17. The fourth-order valence-electron chi connectivity index (χ4n) is 3.00. The predicted octanol–water partition coefficient (Wildman–Crippen LogP) is 2.91. The third-order valence-electron chi connectivity index (χ3n) is 4.01. The molecule has 0 spiro atoms. The number of hydroxylamine groups is 2. The molecule has 0 amide bonds. The van der Waals surface area contributed by atoms with Gasteiger partial charge in [-0.3, -0.25) is 4.79 Å². The van der Waals surface area contributed by atoms with Crippen LogP contribution in [0.1, 0.15) is 23.1 Å². The van der Waals surface area contributed by atoms with Crippen molar-refractivity contribution in [2.24, 2.45) is 0 Å². The van der Waals surface area contributed by atoms with E-state index in [0.717, 1.165) is 13.1 Å². The van der Waals surface area contributed by atoms with Crippen LogP contribution in [0.5, 0.6) is 0 Å². The molecule has 1 aliphatic rings. The molecule has 0 aromatic heterocycles. The number of hydrogen-bond acceptors (Lipinski definition) is 4. The van der Waals surface area contributed by atoms with E-state index >= 15 is 0 Å². The van der Waals surface area contributed by atoms with Gasteiger partial charge in [-0.05, 0) is 34.2 Å². The van der Waals surface area contributed by atoms with E-state index in [0.29, 0.717) is 12.8 Å². The third kappa shape index (κ3) is 3.78. The lowest BCUT2D eigenvalue weighted by atomic mass is 9.93. The standard InChI is InChI=1S/C19H22N2O2/c1-21(2)23-19(22)9-8-14-10-16-12-20-13-18(16)17(11-14)15-6-4-3-5-7-15/h3-7,10-11,20H,8-9,12-13H2,1-2H3. The first-order valence-corrected chi connectivity index (χ1v) is 7.92. The maximum atomic E-state index is 11.7. The van der Waals surface area contributed by atoms with E-state index in [4.69, 9.17) is 4.84 Å². The first-order chi connectivity index (χ1) is 11.1. The van der Waals surface area contributed by atoms with Crippen molar-refractivity contribution >= 4 is 5.97 Å². The number of nitrogens with one attached hydrogen (secondary N) is 1. The lowest BCUT2D eigenvalue weighted by molar-refractivity contribution is -0.178. The van der Waals surface area contributed by atoms with Crippen LogP contribution in [0.4, 0.5) is 0 Å². The molecule has 1 heterocycles. The number of rotatable bonds is 5. The second-order valence-corrected chi connectivity index (χ2v) is 6.03. The zero-order chi connectivity index (χ0) is 16.2. The van der Waals surface area contributed by atoms with Gasteiger partial charge in [-0.15, -0.1) is 5.06 Å². The monoisotopic (exact) mass is 310 g/mol. The molecule has 2 aromatic rings. The fourth-order valence-corrected chi connectivity index (χ4v) is 3.00.